The smallest absolute Gasteiger partial charge is 0.229 e. The lowest BCUT2D eigenvalue weighted by atomic mass is 9.87. The van der Waals surface area contributed by atoms with E-state index in [9.17, 15) is 4.79 Å². The van der Waals surface area contributed by atoms with Gasteiger partial charge in [0.1, 0.15) is 11.5 Å². The molecule has 0 fully saturated rings. The summed E-state index contributed by atoms with van der Waals surface area (Å²) < 4.78 is 11.2. The van der Waals surface area contributed by atoms with E-state index < -0.39 is 0 Å². The number of carbonyl (C=O) groups is 1. The second-order valence-electron chi connectivity index (χ2n) is 8.78. The molecule has 172 valence electrons. The van der Waals surface area contributed by atoms with Crippen molar-refractivity contribution in [2.75, 3.05) is 13.7 Å². The molecule has 34 heavy (non-hydrogen) atoms. The van der Waals surface area contributed by atoms with Crippen LogP contribution in [-0.2, 0) is 17.6 Å². The summed E-state index contributed by atoms with van der Waals surface area (Å²) in [4.78, 5) is 20.3. The number of rotatable bonds is 5. The summed E-state index contributed by atoms with van der Waals surface area (Å²) in [5, 5.41) is 0. The zero-order valence-corrected chi connectivity index (χ0v) is 19.7. The van der Waals surface area contributed by atoms with Crippen LogP contribution in [0.3, 0.4) is 0 Å². The van der Waals surface area contributed by atoms with Gasteiger partial charge < -0.3 is 14.1 Å². The van der Waals surface area contributed by atoms with Gasteiger partial charge in [-0.25, -0.2) is 4.98 Å². The van der Waals surface area contributed by atoms with Gasteiger partial charge in [0, 0.05) is 12.1 Å². The summed E-state index contributed by atoms with van der Waals surface area (Å²) in [6.45, 7) is 4.62. The molecule has 1 amide bonds. The van der Waals surface area contributed by atoms with Crippen LogP contribution in [-0.4, -0.2) is 29.4 Å². The Morgan fingerprint density at radius 3 is 2.65 bits per heavy atom. The minimum atomic E-state index is -0.108. The Hall–Kier alpha value is -3.86. The highest BCUT2D eigenvalue weighted by molar-refractivity contribution is 5.80. The van der Waals surface area contributed by atoms with E-state index in [2.05, 4.69) is 60.4 Å². The first kappa shape index (κ1) is 22.0. The maximum absolute atomic E-state index is 13.7. The van der Waals surface area contributed by atoms with Gasteiger partial charge in [-0.3, -0.25) is 4.79 Å². The third-order valence-electron chi connectivity index (χ3n) is 6.52. The number of hydrogen-bond donors (Lipinski definition) is 0. The largest absolute Gasteiger partial charge is 0.497 e. The molecule has 0 N–H and O–H groups in total. The van der Waals surface area contributed by atoms with Crippen LogP contribution in [0.4, 0.5) is 0 Å². The van der Waals surface area contributed by atoms with Gasteiger partial charge in [-0.05, 0) is 55.2 Å². The van der Waals surface area contributed by atoms with E-state index in [4.69, 9.17) is 9.15 Å². The molecule has 5 nitrogen and oxygen atoms in total. The molecule has 3 aromatic carbocycles. The van der Waals surface area contributed by atoms with E-state index in [1.807, 2.05) is 36.1 Å². The average Bonchev–Trinajstić information content (AvgIpc) is 3.24. The van der Waals surface area contributed by atoms with Crippen molar-refractivity contribution in [1.82, 2.24) is 9.88 Å². The summed E-state index contributed by atoms with van der Waals surface area (Å²) in [7, 11) is 1.63. The van der Waals surface area contributed by atoms with E-state index in [0.29, 0.717) is 23.9 Å². The zero-order valence-electron chi connectivity index (χ0n) is 19.7. The molecule has 5 heteroatoms. The predicted octanol–water partition coefficient (Wildman–Crippen LogP) is 5.68. The molecule has 4 aromatic rings. The molecule has 0 aliphatic carbocycles. The van der Waals surface area contributed by atoms with E-state index in [1.54, 1.807) is 7.11 Å². The Bertz CT molecular complexity index is 1320. The summed E-state index contributed by atoms with van der Waals surface area (Å²) in [5.41, 5.74) is 6.32. The Labute approximate surface area is 200 Å². The molecule has 0 radical (unpaired) electrons. The maximum Gasteiger partial charge on any atom is 0.229 e. The molecular weight excluding hydrogens is 424 g/mol. The van der Waals surface area contributed by atoms with Crippen molar-refractivity contribution < 1.29 is 13.9 Å². The maximum atomic E-state index is 13.7. The van der Waals surface area contributed by atoms with Crippen LogP contribution in [0.5, 0.6) is 5.75 Å². The highest BCUT2D eigenvalue weighted by atomic mass is 16.5. The lowest BCUT2D eigenvalue weighted by Crippen LogP contribution is -2.41. The first-order chi connectivity index (χ1) is 16.5. The molecular formula is C29H28N2O3. The average molecular weight is 453 g/mol. The fraction of sp³-hybridized carbons (Fsp3) is 0.241. The third kappa shape index (κ3) is 4.21. The fourth-order valence-electron chi connectivity index (χ4n) is 4.66. The van der Waals surface area contributed by atoms with Crippen molar-refractivity contribution >= 4 is 5.91 Å². The van der Waals surface area contributed by atoms with Gasteiger partial charge in [0.05, 0.1) is 25.3 Å². The first-order valence-electron chi connectivity index (χ1n) is 11.6. The van der Waals surface area contributed by atoms with Crippen molar-refractivity contribution in [3.05, 3.63) is 107 Å². The molecule has 0 saturated heterocycles. The molecule has 1 unspecified atom stereocenters. The number of benzene rings is 3. The Morgan fingerprint density at radius 1 is 1.06 bits per heavy atom. The molecule has 0 spiro atoms. The fourth-order valence-corrected chi connectivity index (χ4v) is 4.66. The van der Waals surface area contributed by atoms with E-state index >= 15 is 0 Å². The molecule has 0 bridgehead atoms. The van der Waals surface area contributed by atoms with Crippen molar-refractivity contribution in [3.8, 4) is 17.2 Å². The normalized spacial score (nSPS) is 15.1. The second-order valence-corrected chi connectivity index (χ2v) is 8.78. The minimum absolute atomic E-state index is 0.0497. The number of aryl methyl sites for hydroxylation is 2. The topological polar surface area (TPSA) is 55.6 Å². The molecule has 1 aromatic heterocycles. The van der Waals surface area contributed by atoms with Crippen LogP contribution in [0.25, 0.3) is 11.5 Å². The number of oxazole rings is 1. The van der Waals surface area contributed by atoms with Crippen LogP contribution in [0.15, 0.2) is 77.2 Å². The summed E-state index contributed by atoms with van der Waals surface area (Å²) in [6.07, 6.45) is 1.04. The number of amides is 1. The summed E-state index contributed by atoms with van der Waals surface area (Å²) in [6, 6.07) is 24.4. The Balaban J connectivity index is 1.45. The van der Waals surface area contributed by atoms with Crippen LogP contribution in [0.2, 0.25) is 0 Å². The Kier molecular flexibility index (Phi) is 5.93. The van der Waals surface area contributed by atoms with E-state index in [-0.39, 0.29) is 18.4 Å². The molecule has 0 saturated carbocycles. The van der Waals surface area contributed by atoms with Crippen LogP contribution in [0, 0.1) is 13.8 Å². The predicted molar refractivity (Wildman–Crippen MR) is 132 cm³/mol. The van der Waals surface area contributed by atoms with Crippen molar-refractivity contribution in [3.63, 3.8) is 0 Å². The summed E-state index contributed by atoms with van der Waals surface area (Å²) >= 11 is 0. The van der Waals surface area contributed by atoms with Gasteiger partial charge in [0.15, 0.2) is 0 Å². The zero-order chi connectivity index (χ0) is 23.7. The van der Waals surface area contributed by atoms with Gasteiger partial charge in [0.25, 0.3) is 0 Å². The quantitative estimate of drug-likeness (QED) is 0.391. The van der Waals surface area contributed by atoms with Gasteiger partial charge in [-0.2, -0.15) is 0 Å². The molecule has 5 rings (SSSR count). The van der Waals surface area contributed by atoms with Crippen LogP contribution >= 0.6 is 0 Å². The highest BCUT2D eigenvalue weighted by Crippen LogP contribution is 2.36. The van der Waals surface area contributed by atoms with Gasteiger partial charge >= 0.3 is 0 Å². The minimum Gasteiger partial charge on any atom is -0.497 e. The number of nitrogens with zero attached hydrogens (tertiary/aromatic N) is 2. The molecule has 1 atom stereocenters. The SMILES string of the molecule is COc1cccc(-c2nc(CC(=O)N3CCc4ccccc4C3c3ccc(C)cc3)c(C)o2)c1. The monoisotopic (exact) mass is 452 g/mol. The molecule has 2 heterocycles. The van der Waals surface area contributed by atoms with Crippen molar-refractivity contribution in [2.24, 2.45) is 0 Å². The standard InChI is InChI=1S/C29H28N2O3/c1-19-11-13-22(14-12-19)28-25-10-5-4-7-21(25)15-16-31(28)27(32)18-26-20(2)34-29(30-26)23-8-6-9-24(17-23)33-3/h4-14,17,28H,15-16,18H2,1-3H3. The molecule has 1 aliphatic heterocycles. The summed E-state index contributed by atoms with van der Waals surface area (Å²) in [5.74, 6) is 1.95. The van der Waals surface area contributed by atoms with Crippen molar-refractivity contribution in [2.45, 2.75) is 32.7 Å². The lowest BCUT2D eigenvalue weighted by Gasteiger charge is -2.38. The lowest BCUT2D eigenvalue weighted by molar-refractivity contribution is -0.132. The Morgan fingerprint density at radius 2 is 1.85 bits per heavy atom. The molecule has 1 aliphatic rings. The van der Waals surface area contributed by atoms with Gasteiger partial charge in [0.2, 0.25) is 11.8 Å². The van der Waals surface area contributed by atoms with Crippen LogP contribution in [0.1, 0.15) is 39.7 Å². The van der Waals surface area contributed by atoms with Gasteiger partial charge in [-0.1, -0.05) is 60.2 Å². The third-order valence-corrected chi connectivity index (χ3v) is 6.52. The van der Waals surface area contributed by atoms with E-state index in [1.165, 1.54) is 16.7 Å². The number of carbonyl (C=O) groups excluding carboxylic acids is 1. The van der Waals surface area contributed by atoms with Crippen LogP contribution < -0.4 is 4.74 Å². The number of hydrogen-bond acceptors (Lipinski definition) is 4. The highest BCUT2D eigenvalue weighted by Gasteiger charge is 2.32. The number of fused-ring (bicyclic) bond motifs is 1. The van der Waals surface area contributed by atoms with Crippen molar-refractivity contribution in [1.29, 1.82) is 0 Å². The second kappa shape index (κ2) is 9.18. The number of ether oxygens (including phenoxy) is 1. The van der Waals surface area contributed by atoms with E-state index in [0.717, 1.165) is 23.3 Å². The first-order valence-corrected chi connectivity index (χ1v) is 11.6. The van der Waals surface area contributed by atoms with Gasteiger partial charge in [-0.15, -0.1) is 0 Å². The number of aromatic nitrogens is 1. The number of methoxy groups -OCH3 is 1.